The van der Waals surface area contributed by atoms with Crippen LogP contribution in [0.2, 0.25) is 0 Å². The smallest absolute Gasteiger partial charge is 0.159 e. The number of benzene rings is 2. The molecular formula is C35H49FN2O. The first kappa shape index (κ1) is 30.8. The Morgan fingerprint density at radius 2 is 1.15 bits per heavy atom. The highest BCUT2D eigenvalue weighted by Gasteiger charge is 2.09. The fraction of sp³-hybridized carbons (Fsp3) is 0.543. The largest absolute Gasteiger partial charge is 0.491 e. The number of rotatable bonds is 20. The summed E-state index contributed by atoms with van der Waals surface area (Å²) in [5.74, 6) is 1.43. The molecule has 0 aliphatic rings. The van der Waals surface area contributed by atoms with Gasteiger partial charge in [0.2, 0.25) is 0 Å². The zero-order valence-electron chi connectivity index (χ0n) is 24.3. The first-order valence-corrected chi connectivity index (χ1v) is 15.5. The molecule has 3 nitrogen and oxygen atoms in total. The van der Waals surface area contributed by atoms with E-state index < -0.39 is 6.17 Å². The maximum absolute atomic E-state index is 14.2. The summed E-state index contributed by atoms with van der Waals surface area (Å²) in [7, 11) is 0. The number of aromatic nitrogens is 2. The minimum atomic E-state index is -0.911. The molecule has 0 aliphatic heterocycles. The molecule has 0 saturated carbocycles. The van der Waals surface area contributed by atoms with Gasteiger partial charge < -0.3 is 4.74 Å². The van der Waals surface area contributed by atoms with Crippen LogP contribution in [0.25, 0.3) is 22.5 Å². The van der Waals surface area contributed by atoms with E-state index in [0.29, 0.717) is 12.2 Å². The molecule has 0 spiro atoms. The maximum Gasteiger partial charge on any atom is 0.159 e. The molecule has 0 saturated heterocycles. The van der Waals surface area contributed by atoms with Gasteiger partial charge in [0.15, 0.2) is 5.82 Å². The molecule has 3 aromatic rings. The second-order valence-electron chi connectivity index (χ2n) is 10.9. The third kappa shape index (κ3) is 11.9. The Bertz CT molecular complexity index is 1020. The van der Waals surface area contributed by atoms with Gasteiger partial charge in [-0.2, -0.15) is 0 Å². The molecule has 1 heterocycles. The van der Waals surface area contributed by atoms with Gasteiger partial charge >= 0.3 is 0 Å². The average Bonchev–Trinajstić information content (AvgIpc) is 2.98. The molecule has 0 N–H and O–H groups in total. The number of alkyl halides is 1. The van der Waals surface area contributed by atoms with Crippen molar-refractivity contribution in [3.8, 4) is 28.3 Å². The van der Waals surface area contributed by atoms with Crippen molar-refractivity contribution in [1.29, 1.82) is 0 Å². The van der Waals surface area contributed by atoms with Crippen molar-refractivity contribution in [3.05, 3.63) is 66.5 Å². The molecule has 3 rings (SSSR count). The Morgan fingerprint density at radius 1 is 0.615 bits per heavy atom. The normalized spacial score (nSPS) is 12.0. The van der Waals surface area contributed by atoms with Crippen LogP contribution in [0.3, 0.4) is 0 Å². The second-order valence-corrected chi connectivity index (χ2v) is 10.9. The van der Waals surface area contributed by atoms with Crippen molar-refractivity contribution in [1.82, 2.24) is 9.97 Å². The SMILES string of the molecule is CCCCCCCCCC(F)COc1ccc(-c2cnc(-c3ccc(CCCCCCCC)cc3)nc2)cc1. The summed E-state index contributed by atoms with van der Waals surface area (Å²) >= 11 is 0. The number of unbranched alkanes of at least 4 members (excludes halogenated alkanes) is 11. The highest BCUT2D eigenvalue weighted by atomic mass is 19.1. The molecule has 0 amide bonds. The lowest BCUT2D eigenvalue weighted by Crippen LogP contribution is -2.12. The second kappa shape index (κ2) is 18.5. The fourth-order valence-electron chi connectivity index (χ4n) is 4.89. The lowest BCUT2D eigenvalue weighted by atomic mass is 10.0. The lowest BCUT2D eigenvalue weighted by molar-refractivity contribution is 0.184. The van der Waals surface area contributed by atoms with E-state index in [4.69, 9.17) is 4.74 Å². The molecule has 1 atom stereocenters. The van der Waals surface area contributed by atoms with Crippen molar-refractivity contribution in [2.45, 2.75) is 116 Å². The molecule has 39 heavy (non-hydrogen) atoms. The predicted molar refractivity (Wildman–Crippen MR) is 163 cm³/mol. The van der Waals surface area contributed by atoms with Gasteiger partial charge in [-0.15, -0.1) is 0 Å². The van der Waals surface area contributed by atoms with E-state index in [1.165, 1.54) is 76.2 Å². The maximum atomic E-state index is 14.2. The van der Waals surface area contributed by atoms with Crippen LogP contribution in [0.4, 0.5) is 4.39 Å². The van der Waals surface area contributed by atoms with Crippen LogP contribution < -0.4 is 4.74 Å². The van der Waals surface area contributed by atoms with E-state index >= 15 is 0 Å². The van der Waals surface area contributed by atoms with Gasteiger partial charge in [-0.1, -0.05) is 127 Å². The lowest BCUT2D eigenvalue weighted by Gasteiger charge is -2.11. The van der Waals surface area contributed by atoms with Crippen LogP contribution >= 0.6 is 0 Å². The van der Waals surface area contributed by atoms with Crippen LogP contribution in [0.15, 0.2) is 60.9 Å². The topological polar surface area (TPSA) is 35.0 Å². The Morgan fingerprint density at radius 3 is 1.77 bits per heavy atom. The Hall–Kier alpha value is -2.75. The summed E-state index contributed by atoms with van der Waals surface area (Å²) in [5.41, 5.74) is 4.38. The third-order valence-electron chi connectivity index (χ3n) is 7.42. The molecule has 0 aliphatic carbocycles. The summed E-state index contributed by atoms with van der Waals surface area (Å²) in [6, 6.07) is 16.4. The third-order valence-corrected chi connectivity index (χ3v) is 7.42. The number of nitrogens with zero attached hydrogens (tertiary/aromatic N) is 2. The molecule has 2 aromatic carbocycles. The van der Waals surface area contributed by atoms with Gasteiger partial charge in [-0.25, -0.2) is 14.4 Å². The highest BCUT2D eigenvalue weighted by molar-refractivity contribution is 5.64. The minimum absolute atomic E-state index is 0.116. The number of hydrogen-bond donors (Lipinski definition) is 0. The summed E-state index contributed by atoms with van der Waals surface area (Å²) in [4.78, 5) is 9.21. The van der Waals surface area contributed by atoms with Crippen LogP contribution in [0.5, 0.6) is 5.75 Å². The van der Waals surface area contributed by atoms with Gasteiger partial charge in [0.1, 0.15) is 18.5 Å². The summed E-state index contributed by atoms with van der Waals surface area (Å²) in [6.45, 7) is 4.60. The Kier molecular flexibility index (Phi) is 14.6. The molecule has 4 heteroatoms. The Balaban J connectivity index is 1.39. The molecule has 0 fully saturated rings. The number of aryl methyl sites for hydroxylation is 1. The van der Waals surface area contributed by atoms with Crippen LogP contribution in [0, 0.1) is 0 Å². The van der Waals surface area contributed by atoms with Gasteiger partial charge in [0.05, 0.1) is 0 Å². The van der Waals surface area contributed by atoms with Crippen LogP contribution in [0.1, 0.15) is 109 Å². The molecule has 0 bridgehead atoms. The van der Waals surface area contributed by atoms with E-state index in [9.17, 15) is 4.39 Å². The van der Waals surface area contributed by atoms with Gasteiger partial charge in [0, 0.05) is 23.5 Å². The van der Waals surface area contributed by atoms with E-state index in [1.54, 1.807) is 0 Å². The summed E-state index contributed by atoms with van der Waals surface area (Å²) in [5, 5.41) is 0. The number of halogens is 1. The van der Waals surface area contributed by atoms with Crippen molar-refractivity contribution >= 4 is 0 Å². The standard InChI is InChI=1S/C35H49FN2O/c1-3-5-7-9-11-13-15-17-33(36)28-39-34-24-22-30(23-25-34)32-26-37-35(38-27-32)31-20-18-29(19-21-31)16-14-12-10-8-6-4-2/h18-27,33H,3-17,28H2,1-2H3. The fourth-order valence-corrected chi connectivity index (χ4v) is 4.89. The molecule has 1 aromatic heterocycles. The highest BCUT2D eigenvalue weighted by Crippen LogP contribution is 2.24. The average molecular weight is 533 g/mol. The monoisotopic (exact) mass is 532 g/mol. The predicted octanol–water partition coefficient (Wildman–Crippen LogP) is 10.6. The van der Waals surface area contributed by atoms with E-state index in [0.717, 1.165) is 41.8 Å². The van der Waals surface area contributed by atoms with Crippen molar-refractivity contribution < 1.29 is 9.13 Å². The number of ether oxygens (including phenoxy) is 1. The molecular weight excluding hydrogens is 483 g/mol. The molecule has 1 unspecified atom stereocenters. The minimum Gasteiger partial charge on any atom is -0.491 e. The van der Waals surface area contributed by atoms with E-state index in [-0.39, 0.29) is 6.61 Å². The molecule has 0 radical (unpaired) electrons. The van der Waals surface area contributed by atoms with Crippen LogP contribution in [-0.4, -0.2) is 22.7 Å². The summed E-state index contributed by atoms with van der Waals surface area (Å²) in [6.07, 6.45) is 20.9. The van der Waals surface area contributed by atoms with E-state index in [2.05, 4.69) is 48.1 Å². The van der Waals surface area contributed by atoms with Gasteiger partial charge in [-0.05, 0) is 42.5 Å². The van der Waals surface area contributed by atoms with Crippen molar-refractivity contribution in [2.24, 2.45) is 0 Å². The quantitative estimate of drug-likeness (QED) is 0.136. The van der Waals surface area contributed by atoms with Crippen LogP contribution in [-0.2, 0) is 6.42 Å². The number of hydrogen-bond acceptors (Lipinski definition) is 3. The first-order valence-electron chi connectivity index (χ1n) is 15.5. The zero-order valence-corrected chi connectivity index (χ0v) is 24.3. The van der Waals surface area contributed by atoms with Gasteiger partial charge in [0.25, 0.3) is 0 Å². The first-order chi connectivity index (χ1) is 19.2. The van der Waals surface area contributed by atoms with Crippen molar-refractivity contribution in [3.63, 3.8) is 0 Å². The van der Waals surface area contributed by atoms with E-state index in [1.807, 2.05) is 36.7 Å². The van der Waals surface area contributed by atoms with Crippen molar-refractivity contribution in [2.75, 3.05) is 6.61 Å². The molecule has 212 valence electrons. The zero-order chi connectivity index (χ0) is 27.5. The van der Waals surface area contributed by atoms with Gasteiger partial charge in [-0.3, -0.25) is 0 Å². The summed E-state index contributed by atoms with van der Waals surface area (Å²) < 4.78 is 19.9. The Labute approximate surface area is 236 Å².